The van der Waals surface area contributed by atoms with Gasteiger partial charge in [0, 0.05) is 5.56 Å². The summed E-state index contributed by atoms with van der Waals surface area (Å²) in [6, 6.07) is 12.1. The molecule has 4 rings (SSSR count). The van der Waals surface area contributed by atoms with Gasteiger partial charge in [0.25, 0.3) is 5.78 Å². The number of nitrogens with zero attached hydrogens (tertiary/aromatic N) is 2. The van der Waals surface area contributed by atoms with E-state index >= 15 is 0 Å². The molecule has 0 saturated carbocycles. The number of hydrogen-bond donors (Lipinski definition) is 1. The van der Waals surface area contributed by atoms with Gasteiger partial charge in [-0.3, -0.25) is 14.5 Å². The molecule has 2 heterocycles. The minimum Gasteiger partial charge on any atom is -0.507 e. The summed E-state index contributed by atoms with van der Waals surface area (Å²) in [6.45, 7) is 9.23. The van der Waals surface area contributed by atoms with E-state index in [4.69, 9.17) is 4.74 Å². The Hall–Kier alpha value is -3.78. The van der Waals surface area contributed by atoms with Crippen LogP contribution in [-0.2, 0) is 14.3 Å². The number of aryl methyl sites for hydroxylation is 4. The molecule has 1 fully saturated rings. The summed E-state index contributed by atoms with van der Waals surface area (Å²) in [4.78, 5) is 45.1. The SMILES string of the molecule is CCOC(=O)c1sc(N2C(=O)C(=O)C(=C(O)c3cc(C)ccc3C)C2c2ccc(C)cc2)nc1C. The van der Waals surface area contributed by atoms with E-state index in [0.717, 1.165) is 28.0 Å². The van der Waals surface area contributed by atoms with Crippen molar-refractivity contribution in [1.82, 2.24) is 4.98 Å². The zero-order valence-corrected chi connectivity index (χ0v) is 21.0. The van der Waals surface area contributed by atoms with Crippen LogP contribution in [0.5, 0.6) is 0 Å². The van der Waals surface area contributed by atoms with Crippen LogP contribution >= 0.6 is 11.3 Å². The second-order valence-electron chi connectivity index (χ2n) is 8.53. The van der Waals surface area contributed by atoms with Gasteiger partial charge in [-0.1, -0.05) is 58.9 Å². The molecule has 1 atom stereocenters. The van der Waals surface area contributed by atoms with E-state index in [0.29, 0.717) is 16.8 Å². The van der Waals surface area contributed by atoms with E-state index in [-0.39, 0.29) is 27.9 Å². The molecule has 0 bridgehead atoms. The number of Topliss-reactive ketones (excluding diaryl/α,β-unsaturated/α-hetero) is 1. The fourth-order valence-electron chi connectivity index (χ4n) is 4.10. The number of aliphatic hydroxyl groups excluding tert-OH is 1. The van der Waals surface area contributed by atoms with Crippen molar-refractivity contribution in [3.8, 4) is 0 Å². The fraction of sp³-hybridized carbons (Fsp3) is 0.259. The van der Waals surface area contributed by atoms with Crippen molar-refractivity contribution in [2.75, 3.05) is 11.5 Å². The minimum atomic E-state index is -0.906. The molecule has 35 heavy (non-hydrogen) atoms. The molecule has 0 radical (unpaired) electrons. The first-order chi connectivity index (χ1) is 16.6. The quantitative estimate of drug-likeness (QED) is 0.229. The number of thiazole rings is 1. The molecule has 7 nitrogen and oxygen atoms in total. The molecular formula is C27H26N2O5S. The van der Waals surface area contributed by atoms with Crippen LogP contribution in [0.15, 0.2) is 48.0 Å². The molecule has 1 amide bonds. The number of carbonyl (C=O) groups excluding carboxylic acids is 3. The lowest BCUT2D eigenvalue weighted by Gasteiger charge is -2.23. The fourth-order valence-corrected chi connectivity index (χ4v) is 5.09. The molecule has 1 unspecified atom stereocenters. The second kappa shape index (κ2) is 9.46. The molecular weight excluding hydrogens is 464 g/mol. The van der Waals surface area contributed by atoms with Gasteiger partial charge >= 0.3 is 11.9 Å². The molecule has 1 saturated heterocycles. The predicted octanol–water partition coefficient (Wildman–Crippen LogP) is 5.18. The lowest BCUT2D eigenvalue weighted by molar-refractivity contribution is -0.132. The van der Waals surface area contributed by atoms with Gasteiger partial charge in [0.05, 0.1) is 23.9 Å². The third-order valence-electron chi connectivity index (χ3n) is 5.94. The van der Waals surface area contributed by atoms with Crippen LogP contribution in [0.2, 0.25) is 0 Å². The van der Waals surface area contributed by atoms with Gasteiger partial charge in [0.15, 0.2) is 5.13 Å². The van der Waals surface area contributed by atoms with Crippen LogP contribution in [0.25, 0.3) is 5.76 Å². The number of aromatic nitrogens is 1. The number of amides is 1. The first kappa shape index (κ1) is 24.3. The molecule has 2 aromatic carbocycles. The Morgan fingerprint density at radius 3 is 2.37 bits per heavy atom. The number of carbonyl (C=O) groups is 3. The molecule has 8 heteroatoms. The molecule has 1 aliphatic rings. The normalized spacial score (nSPS) is 17.2. The number of anilines is 1. The third-order valence-corrected chi connectivity index (χ3v) is 7.07. The number of ketones is 1. The molecule has 0 spiro atoms. The Labute approximate surface area is 207 Å². The van der Waals surface area contributed by atoms with Crippen LogP contribution in [0.1, 0.15) is 56.1 Å². The maximum Gasteiger partial charge on any atom is 0.350 e. The Kier molecular flexibility index (Phi) is 6.58. The molecule has 0 aliphatic carbocycles. The van der Waals surface area contributed by atoms with E-state index < -0.39 is 23.7 Å². The van der Waals surface area contributed by atoms with Gasteiger partial charge in [0.1, 0.15) is 10.6 Å². The van der Waals surface area contributed by atoms with Crippen LogP contribution in [0, 0.1) is 27.7 Å². The van der Waals surface area contributed by atoms with Crippen molar-refractivity contribution in [2.45, 2.75) is 40.7 Å². The molecule has 1 N–H and O–H groups in total. The maximum atomic E-state index is 13.4. The van der Waals surface area contributed by atoms with Crippen LogP contribution in [-0.4, -0.2) is 34.4 Å². The summed E-state index contributed by atoms with van der Waals surface area (Å²) in [5, 5.41) is 11.6. The summed E-state index contributed by atoms with van der Waals surface area (Å²) in [5.74, 6) is -2.39. The molecule has 1 aliphatic heterocycles. The van der Waals surface area contributed by atoms with Crippen LogP contribution in [0.3, 0.4) is 0 Å². The summed E-state index contributed by atoms with van der Waals surface area (Å²) >= 11 is 0.990. The van der Waals surface area contributed by atoms with E-state index in [1.165, 1.54) is 4.90 Å². The Morgan fingerprint density at radius 2 is 1.71 bits per heavy atom. The van der Waals surface area contributed by atoms with Gasteiger partial charge < -0.3 is 9.84 Å². The smallest absolute Gasteiger partial charge is 0.350 e. The number of esters is 1. The second-order valence-corrected chi connectivity index (χ2v) is 9.51. The maximum absolute atomic E-state index is 13.4. The Morgan fingerprint density at radius 1 is 1.06 bits per heavy atom. The van der Waals surface area contributed by atoms with Gasteiger partial charge in [0.2, 0.25) is 0 Å². The number of aliphatic hydroxyl groups is 1. The highest BCUT2D eigenvalue weighted by Crippen LogP contribution is 2.44. The summed E-state index contributed by atoms with van der Waals surface area (Å²) < 4.78 is 5.11. The highest BCUT2D eigenvalue weighted by atomic mass is 32.1. The lowest BCUT2D eigenvalue weighted by atomic mass is 9.93. The minimum absolute atomic E-state index is 0.0157. The third kappa shape index (κ3) is 4.37. The summed E-state index contributed by atoms with van der Waals surface area (Å²) in [7, 11) is 0. The molecule has 180 valence electrons. The number of benzene rings is 2. The summed E-state index contributed by atoms with van der Waals surface area (Å²) in [5.41, 5.74) is 4.22. The molecule has 3 aromatic rings. The van der Waals surface area contributed by atoms with Gasteiger partial charge in [-0.15, -0.1) is 0 Å². The highest BCUT2D eigenvalue weighted by Gasteiger charge is 2.48. The molecule has 1 aromatic heterocycles. The average molecular weight is 491 g/mol. The highest BCUT2D eigenvalue weighted by molar-refractivity contribution is 7.17. The first-order valence-electron chi connectivity index (χ1n) is 11.2. The zero-order valence-electron chi connectivity index (χ0n) is 20.2. The van der Waals surface area contributed by atoms with Gasteiger partial charge in [-0.05, 0) is 51.8 Å². The monoisotopic (exact) mass is 490 g/mol. The van der Waals surface area contributed by atoms with Crippen molar-refractivity contribution >= 4 is 39.9 Å². The lowest BCUT2D eigenvalue weighted by Crippen LogP contribution is -2.29. The Balaban J connectivity index is 1.94. The number of rotatable bonds is 5. The predicted molar refractivity (Wildman–Crippen MR) is 135 cm³/mol. The standard InChI is InChI=1S/C27H26N2O5S/c1-6-34-26(33)24-17(5)28-27(35-24)29-21(18-11-8-14(2)9-12-18)20(23(31)25(29)32)22(30)19-13-15(3)7-10-16(19)4/h7-13,21,30H,6H2,1-5H3. The largest absolute Gasteiger partial charge is 0.507 e. The van der Waals surface area contributed by atoms with Gasteiger partial charge in [-0.2, -0.15) is 0 Å². The van der Waals surface area contributed by atoms with Crippen molar-refractivity contribution < 1.29 is 24.2 Å². The zero-order chi connectivity index (χ0) is 25.4. The van der Waals surface area contributed by atoms with Crippen molar-refractivity contribution in [3.63, 3.8) is 0 Å². The van der Waals surface area contributed by atoms with E-state index in [2.05, 4.69) is 4.98 Å². The van der Waals surface area contributed by atoms with Gasteiger partial charge in [-0.25, -0.2) is 9.78 Å². The number of ether oxygens (including phenoxy) is 1. The van der Waals surface area contributed by atoms with E-state index in [1.807, 2.05) is 57.2 Å². The van der Waals surface area contributed by atoms with Crippen LogP contribution < -0.4 is 4.90 Å². The van der Waals surface area contributed by atoms with Crippen molar-refractivity contribution in [2.24, 2.45) is 0 Å². The van der Waals surface area contributed by atoms with E-state index in [9.17, 15) is 19.5 Å². The summed E-state index contributed by atoms with van der Waals surface area (Å²) in [6.07, 6.45) is 0. The van der Waals surface area contributed by atoms with Crippen LogP contribution in [0.4, 0.5) is 5.13 Å². The first-order valence-corrected chi connectivity index (χ1v) is 12.1. The average Bonchev–Trinajstić information content (AvgIpc) is 3.33. The number of hydrogen-bond acceptors (Lipinski definition) is 7. The Bertz CT molecular complexity index is 1370. The van der Waals surface area contributed by atoms with Crippen molar-refractivity contribution in [1.29, 1.82) is 0 Å². The topological polar surface area (TPSA) is 96.8 Å². The van der Waals surface area contributed by atoms with E-state index in [1.54, 1.807) is 19.9 Å². The van der Waals surface area contributed by atoms with Crippen molar-refractivity contribution in [3.05, 3.63) is 86.4 Å².